The fraction of sp³-hybridized carbons (Fsp3) is 0.100. The molecule has 0 aliphatic carbocycles. The summed E-state index contributed by atoms with van der Waals surface area (Å²) >= 11 is 0. The number of aryl methyl sites for hydroxylation is 1. The number of H-pyrrole nitrogens is 1. The maximum atomic E-state index is 13.3. The number of rotatable bonds is 4. The number of halogens is 4. The minimum absolute atomic E-state index is 0.0156. The number of nitrogens with one attached hydrogen (secondary N) is 3. The molecule has 31 heavy (non-hydrogen) atoms. The molecule has 7 nitrogen and oxygen atoms in total. The van der Waals surface area contributed by atoms with Crippen molar-refractivity contribution in [1.82, 2.24) is 20.2 Å². The van der Waals surface area contributed by atoms with Crippen LogP contribution in [-0.4, -0.2) is 26.1 Å². The molecule has 0 atom stereocenters. The molecule has 3 heterocycles. The molecule has 0 unspecified atom stereocenters. The maximum absolute atomic E-state index is 13.3. The molecule has 3 N–H and O–H groups in total. The number of aromatic amines is 1. The molecule has 0 fully saturated rings. The molecule has 0 bridgehead atoms. The van der Waals surface area contributed by atoms with E-state index in [4.69, 9.17) is 0 Å². The zero-order chi connectivity index (χ0) is 22.2. The summed E-state index contributed by atoms with van der Waals surface area (Å²) in [5.74, 6) is -1.72. The average Bonchev–Trinajstić information content (AvgIpc) is 3.17. The van der Waals surface area contributed by atoms with Gasteiger partial charge >= 0.3 is 6.18 Å². The quantitative estimate of drug-likeness (QED) is 0.319. The lowest BCUT2D eigenvalue weighted by Gasteiger charge is -2.15. The third kappa shape index (κ3) is 4.29. The third-order valence-electron chi connectivity index (χ3n) is 4.46. The highest BCUT2D eigenvalue weighted by Crippen LogP contribution is 2.34. The van der Waals surface area contributed by atoms with Crippen LogP contribution in [0.4, 0.5) is 34.8 Å². The molecule has 0 spiro atoms. The molecule has 0 saturated heterocycles. The SMILES string of the molecule is Cc1cc(Nc2ncc(C(F)(F)F)cc2NC(=O)c2ccnc(F)c2)cc2cn[nH]c12. The number of anilines is 3. The van der Waals surface area contributed by atoms with Crippen molar-refractivity contribution in [2.24, 2.45) is 0 Å². The summed E-state index contributed by atoms with van der Waals surface area (Å²) in [6.45, 7) is 1.84. The van der Waals surface area contributed by atoms with Crippen LogP contribution in [0.2, 0.25) is 0 Å². The summed E-state index contributed by atoms with van der Waals surface area (Å²) in [6, 6.07) is 6.36. The van der Waals surface area contributed by atoms with Gasteiger partial charge in [-0.2, -0.15) is 22.7 Å². The van der Waals surface area contributed by atoms with E-state index in [1.54, 1.807) is 18.3 Å². The predicted octanol–water partition coefficient (Wildman–Crippen LogP) is 4.82. The van der Waals surface area contributed by atoms with Gasteiger partial charge < -0.3 is 10.6 Å². The van der Waals surface area contributed by atoms with Crippen LogP contribution in [0.1, 0.15) is 21.5 Å². The number of hydrogen-bond acceptors (Lipinski definition) is 5. The van der Waals surface area contributed by atoms with Crippen molar-refractivity contribution in [1.29, 1.82) is 0 Å². The predicted molar refractivity (Wildman–Crippen MR) is 106 cm³/mol. The van der Waals surface area contributed by atoms with Crippen molar-refractivity contribution in [3.05, 3.63) is 71.6 Å². The monoisotopic (exact) mass is 430 g/mol. The van der Waals surface area contributed by atoms with Crippen LogP contribution in [0.25, 0.3) is 10.9 Å². The number of carbonyl (C=O) groups excluding carboxylic acids is 1. The number of amides is 1. The lowest BCUT2D eigenvalue weighted by Crippen LogP contribution is -2.16. The molecule has 4 rings (SSSR count). The normalized spacial score (nSPS) is 11.5. The van der Waals surface area contributed by atoms with Crippen molar-refractivity contribution in [2.75, 3.05) is 10.6 Å². The summed E-state index contributed by atoms with van der Waals surface area (Å²) < 4.78 is 52.9. The summed E-state index contributed by atoms with van der Waals surface area (Å²) in [4.78, 5) is 19.7. The van der Waals surface area contributed by atoms with E-state index in [1.165, 1.54) is 6.07 Å². The van der Waals surface area contributed by atoms with Gasteiger partial charge in [0.15, 0.2) is 5.82 Å². The van der Waals surface area contributed by atoms with E-state index in [0.29, 0.717) is 11.9 Å². The molecule has 158 valence electrons. The molecule has 0 radical (unpaired) electrons. The van der Waals surface area contributed by atoms with Crippen molar-refractivity contribution >= 4 is 34.0 Å². The van der Waals surface area contributed by atoms with Gasteiger partial charge in [0.05, 0.1) is 23.0 Å². The molecular weight excluding hydrogens is 416 g/mol. The van der Waals surface area contributed by atoms with E-state index in [0.717, 1.165) is 34.8 Å². The Hall–Kier alpha value is -4.02. The number of aromatic nitrogens is 4. The fourth-order valence-corrected chi connectivity index (χ4v) is 3.00. The van der Waals surface area contributed by atoms with Crippen molar-refractivity contribution in [2.45, 2.75) is 13.1 Å². The Bertz CT molecular complexity index is 1280. The van der Waals surface area contributed by atoms with Gasteiger partial charge in [-0.05, 0) is 36.8 Å². The highest BCUT2D eigenvalue weighted by molar-refractivity contribution is 6.05. The summed E-state index contributed by atoms with van der Waals surface area (Å²) in [7, 11) is 0. The minimum Gasteiger partial charge on any atom is -0.338 e. The zero-order valence-electron chi connectivity index (χ0n) is 15.9. The van der Waals surface area contributed by atoms with Gasteiger partial charge in [-0.15, -0.1) is 0 Å². The number of pyridine rings is 2. The average molecular weight is 430 g/mol. The van der Waals surface area contributed by atoms with Gasteiger partial charge in [0.1, 0.15) is 0 Å². The number of alkyl halides is 3. The highest BCUT2D eigenvalue weighted by atomic mass is 19.4. The molecule has 0 aliphatic heterocycles. The van der Waals surface area contributed by atoms with Gasteiger partial charge in [0.25, 0.3) is 5.91 Å². The van der Waals surface area contributed by atoms with E-state index in [-0.39, 0.29) is 17.1 Å². The second-order valence-electron chi connectivity index (χ2n) is 6.69. The van der Waals surface area contributed by atoms with Crippen LogP contribution in [0.15, 0.2) is 48.9 Å². The van der Waals surface area contributed by atoms with E-state index in [1.807, 2.05) is 6.92 Å². The molecule has 4 aromatic rings. The van der Waals surface area contributed by atoms with E-state index >= 15 is 0 Å². The Morgan fingerprint density at radius 2 is 1.90 bits per heavy atom. The van der Waals surface area contributed by atoms with Gasteiger partial charge in [0, 0.05) is 35.1 Å². The van der Waals surface area contributed by atoms with Crippen LogP contribution in [0, 0.1) is 12.9 Å². The molecule has 1 aromatic carbocycles. The largest absolute Gasteiger partial charge is 0.417 e. The summed E-state index contributed by atoms with van der Waals surface area (Å²) in [5, 5.41) is 12.9. The zero-order valence-corrected chi connectivity index (χ0v) is 15.9. The van der Waals surface area contributed by atoms with E-state index < -0.39 is 23.6 Å². The van der Waals surface area contributed by atoms with Crippen molar-refractivity contribution < 1.29 is 22.4 Å². The van der Waals surface area contributed by atoms with Crippen molar-refractivity contribution in [3.8, 4) is 0 Å². The van der Waals surface area contributed by atoms with E-state index in [9.17, 15) is 22.4 Å². The standard InChI is InChI=1S/C20H14F4N6O/c1-10-4-14(5-12-8-27-30-17(10)12)28-18-15(7-13(9-26-18)20(22,23)24)29-19(31)11-2-3-25-16(21)6-11/h2-9H,1H3,(H,26,28)(H,27,30)(H,29,31). The van der Waals surface area contributed by atoms with Crippen LogP contribution in [0.3, 0.4) is 0 Å². The number of nitrogens with zero attached hydrogens (tertiary/aromatic N) is 3. The van der Waals surface area contributed by atoms with Crippen LogP contribution >= 0.6 is 0 Å². The van der Waals surface area contributed by atoms with Gasteiger partial charge in [0.2, 0.25) is 5.95 Å². The number of carbonyl (C=O) groups is 1. The van der Waals surface area contributed by atoms with Crippen LogP contribution in [-0.2, 0) is 6.18 Å². The van der Waals surface area contributed by atoms with Gasteiger partial charge in [-0.25, -0.2) is 9.97 Å². The smallest absolute Gasteiger partial charge is 0.338 e. The molecule has 3 aromatic heterocycles. The molecule has 0 aliphatic rings. The first kappa shape index (κ1) is 20.3. The highest BCUT2D eigenvalue weighted by Gasteiger charge is 2.32. The maximum Gasteiger partial charge on any atom is 0.417 e. The first-order chi connectivity index (χ1) is 14.7. The van der Waals surface area contributed by atoms with E-state index in [2.05, 4.69) is 30.8 Å². The minimum atomic E-state index is -4.67. The molecule has 11 heteroatoms. The fourth-order valence-electron chi connectivity index (χ4n) is 3.00. The third-order valence-corrected chi connectivity index (χ3v) is 4.46. The first-order valence-corrected chi connectivity index (χ1v) is 8.91. The summed E-state index contributed by atoms with van der Waals surface area (Å²) in [6.07, 6.45) is -1.32. The Balaban J connectivity index is 1.71. The molecule has 1 amide bonds. The number of benzene rings is 1. The second-order valence-corrected chi connectivity index (χ2v) is 6.69. The Labute approximate surface area is 172 Å². The lowest BCUT2D eigenvalue weighted by molar-refractivity contribution is -0.137. The van der Waals surface area contributed by atoms with Gasteiger partial charge in [-0.1, -0.05) is 0 Å². The van der Waals surface area contributed by atoms with Crippen LogP contribution < -0.4 is 10.6 Å². The Morgan fingerprint density at radius 1 is 1.10 bits per heavy atom. The van der Waals surface area contributed by atoms with Gasteiger partial charge in [-0.3, -0.25) is 9.89 Å². The van der Waals surface area contributed by atoms with Crippen molar-refractivity contribution in [3.63, 3.8) is 0 Å². The molecule has 0 saturated carbocycles. The Morgan fingerprint density at radius 3 is 2.65 bits per heavy atom. The first-order valence-electron chi connectivity index (χ1n) is 8.91. The number of hydrogen-bond donors (Lipinski definition) is 3. The summed E-state index contributed by atoms with van der Waals surface area (Å²) in [5.41, 5.74) is 0.828. The van der Waals surface area contributed by atoms with Crippen LogP contribution in [0.5, 0.6) is 0 Å². The lowest BCUT2D eigenvalue weighted by atomic mass is 10.1. The molecular formula is C20H14F4N6O. The number of fused-ring (bicyclic) bond motifs is 1. The topological polar surface area (TPSA) is 95.6 Å². The Kier molecular flexibility index (Phi) is 5.01. The second kappa shape index (κ2) is 7.67.